The maximum Gasteiger partial charge on any atom is 0.243 e. The lowest BCUT2D eigenvalue weighted by molar-refractivity contribution is -0.125. The molecule has 0 saturated heterocycles. The molecule has 2 unspecified atom stereocenters. The van der Waals surface area contributed by atoms with Crippen molar-refractivity contribution < 1.29 is 4.79 Å². The summed E-state index contributed by atoms with van der Waals surface area (Å²) < 4.78 is 0. The Kier molecular flexibility index (Phi) is 4.35. The quantitative estimate of drug-likeness (QED) is 0.886. The topological polar surface area (TPSA) is 55.1 Å². The van der Waals surface area contributed by atoms with Gasteiger partial charge in [0.1, 0.15) is 5.54 Å². The van der Waals surface area contributed by atoms with Crippen LogP contribution < -0.4 is 11.1 Å². The number of anilines is 1. The molecule has 0 aliphatic heterocycles. The minimum Gasteiger partial charge on any atom is -0.370 e. The van der Waals surface area contributed by atoms with Gasteiger partial charge in [0.15, 0.2) is 0 Å². The van der Waals surface area contributed by atoms with Crippen LogP contribution in [0.5, 0.6) is 0 Å². The fourth-order valence-corrected chi connectivity index (χ4v) is 3.33. The number of carbonyl (C=O) groups excluding carboxylic acids is 1. The summed E-state index contributed by atoms with van der Waals surface area (Å²) in [5.74, 6) is 0.00833. The van der Waals surface area contributed by atoms with Crippen molar-refractivity contribution in [3.8, 4) is 0 Å². The number of para-hydroxylation sites is 1. The van der Waals surface area contributed by atoms with Gasteiger partial charge in [0, 0.05) is 0 Å². The molecular formula is C15H21ClN2O. The summed E-state index contributed by atoms with van der Waals surface area (Å²) >= 11 is 6.19. The monoisotopic (exact) mass is 280 g/mol. The molecule has 0 spiro atoms. The molecule has 3 nitrogen and oxygen atoms in total. The average molecular weight is 281 g/mol. The van der Waals surface area contributed by atoms with E-state index in [1.165, 1.54) is 0 Å². The Bertz CT molecular complexity index is 463. The maximum absolute atomic E-state index is 12.1. The number of hydrogen-bond acceptors (Lipinski definition) is 2. The first-order valence-corrected chi connectivity index (χ1v) is 7.30. The van der Waals surface area contributed by atoms with Crippen LogP contribution in [0.1, 0.15) is 39.0 Å². The van der Waals surface area contributed by atoms with Crippen LogP contribution in [0, 0.1) is 5.92 Å². The van der Waals surface area contributed by atoms with Crippen molar-refractivity contribution in [3.63, 3.8) is 0 Å². The third-order valence-electron chi connectivity index (χ3n) is 4.23. The summed E-state index contributed by atoms with van der Waals surface area (Å²) in [6, 6.07) is 7.51. The highest BCUT2D eigenvalue weighted by Crippen LogP contribution is 2.39. The molecule has 0 bridgehead atoms. The number of benzene rings is 1. The van der Waals surface area contributed by atoms with Crippen LogP contribution in [0.3, 0.4) is 0 Å². The molecule has 0 heterocycles. The van der Waals surface area contributed by atoms with Gasteiger partial charge >= 0.3 is 0 Å². The van der Waals surface area contributed by atoms with E-state index >= 15 is 0 Å². The Labute approximate surface area is 119 Å². The van der Waals surface area contributed by atoms with Gasteiger partial charge in [-0.15, -0.1) is 0 Å². The zero-order valence-electron chi connectivity index (χ0n) is 11.3. The molecule has 3 N–H and O–H groups in total. The molecule has 1 saturated carbocycles. The SMILES string of the molecule is CCC1CCCCC1(Nc1ccccc1Cl)C(N)=O. The van der Waals surface area contributed by atoms with Crippen LogP contribution in [-0.4, -0.2) is 11.4 Å². The fraction of sp³-hybridized carbons (Fsp3) is 0.533. The van der Waals surface area contributed by atoms with Gasteiger partial charge in [-0.1, -0.05) is 49.9 Å². The molecule has 4 heteroatoms. The first-order valence-electron chi connectivity index (χ1n) is 6.92. The summed E-state index contributed by atoms with van der Waals surface area (Å²) in [5, 5.41) is 3.98. The maximum atomic E-state index is 12.1. The highest BCUT2D eigenvalue weighted by Gasteiger charge is 2.45. The van der Waals surface area contributed by atoms with E-state index in [0.29, 0.717) is 5.02 Å². The van der Waals surface area contributed by atoms with E-state index < -0.39 is 5.54 Å². The Morgan fingerprint density at radius 2 is 2.21 bits per heavy atom. The Balaban J connectivity index is 2.34. The molecule has 1 fully saturated rings. The van der Waals surface area contributed by atoms with Crippen LogP contribution in [0.25, 0.3) is 0 Å². The second-order valence-corrected chi connectivity index (χ2v) is 5.70. The zero-order chi connectivity index (χ0) is 13.9. The molecule has 1 amide bonds. The first-order chi connectivity index (χ1) is 9.10. The Hall–Kier alpha value is -1.22. The van der Waals surface area contributed by atoms with Crippen molar-refractivity contribution in [2.24, 2.45) is 11.7 Å². The average Bonchev–Trinajstić information content (AvgIpc) is 2.41. The van der Waals surface area contributed by atoms with Gasteiger partial charge in [-0.3, -0.25) is 4.79 Å². The van der Waals surface area contributed by atoms with Gasteiger partial charge in [-0.05, 0) is 30.9 Å². The fourth-order valence-electron chi connectivity index (χ4n) is 3.15. The van der Waals surface area contributed by atoms with Crippen LogP contribution >= 0.6 is 11.6 Å². The molecule has 19 heavy (non-hydrogen) atoms. The van der Waals surface area contributed by atoms with E-state index in [9.17, 15) is 4.79 Å². The highest BCUT2D eigenvalue weighted by molar-refractivity contribution is 6.33. The first kappa shape index (κ1) is 14.2. The number of amides is 1. The predicted octanol–water partition coefficient (Wildman–Crippen LogP) is 3.58. The normalized spacial score (nSPS) is 26.9. The predicted molar refractivity (Wildman–Crippen MR) is 79.2 cm³/mol. The number of nitrogens with two attached hydrogens (primary N) is 1. The lowest BCUT2D eigenvalue weighted by atomic mass is 9.70. The van der Waals surface area contributed by atoms with E-state index in [-0.39, 0.29) is 11.8 Å². The molecular weight excluding hydrogens is 260 g/mol. The zero-order valence-corrected chi connectivity index (χ0v) is 12.0. The Morgan fingerprint density at radius 3 is 2.84 bits per heavy atom. The minimum atomic E-state index is -0.655. The second kappa shape index (κ2) is 5.83. The molecule has 2 atom stereocenters. The van der Waals surface area contributed by atoms with E-state index in [1.807, 2.05) is 24.3 Å². The van der Waals surface area contributed by atoms with Gasteiger partial charge in [0.2, 0.25) is 5.91 Å². The smallest absolute Gasteiger partial charge is 0.243 e. The van der Waals surface area contributed by atoms with Gasteiger partial charge in [-0.25, -0.2) is 0 Å². The van der Waals surface area contributed by atoms with Crippen molar-refractivity contribution in [2.45, 2.75) is 44.6 Å². The summed E-state index contributed by atoms with van der Waals surface area (Å²) in [6.07, 6.45) is 4.96. The molecule has 0 aromatic heterocycles. The van der Waals surface area contributed by atoms with Crippen LogP contribution in [0.15, 0.2) is 24.3 Å². The van der Waals surface area contributed by atoms with Gasteiger partial charge in [0.05, 0.1) is 10.7 Å². The number of rotatable bonds is 4. The van der Waals surface area contributed by atoms with Crippen LogP contribution in [0.4, 0.5) is 5.69 Å². The van der Waals surface area contributed by atoms with E-state index in [0.717, 1.165) is 37.8 Å². The highest BCUT2D eigenvalue weighted by atomic mass is 35.5. The third kappa shape index (κ3) is 2.71. The number of carbonyl (C=O) groups is 1. The Morgan fingerprint density at radius 1 is 1.47 bits per heavy atom. The lowest BCUT2D eigenvalue weighted by Gasteiger charge is -2.43. The molecule has 1 aromatic rings. The van der Waals surface area contributed by atoms with E-state index in [1.54, 1.807) is 0 Å². The van der Waals surface area contributed by atoms with E-state index in [4.69, 9.17) is 17.3 Å². The lowest BCUT2D eigenvalue weighted by Crippen LogP contribution is -2.57. The molecule has 1 aliphatic carbocycles. The molecule has 104 valence electrons. The third-order valence-corrected chi connectivity index (χ3v) is 4.56. The second-order valence-electron chi connectivity index (χ2n) is 5.29. The van der Waals surface area contributed by atoms with Crippen molar-refractivity contribution in [3.05, 3.63) is 29.3 Å². The van der Waals surface area contributed by atoms with Crippen molar-refractivity contribution in [1.29, 1.82) is 0 Å². The van der Waals surface area contributed by atoms with Crippen molar-refractivity contribution in [2.75, 3.05) is 5.32 Å². The van der Waals surface area contributed by atoms with Gasteiger partial charge in [-0.2, -0.15) is 0 Å². The molecule has 1 aromatic carbocycles. The van der Waals surface area contributed by atoms with E-state index in [2.05, 4.69) is 12.2 Å². The number of hydrogen-bond donors (Lipinski definition) is 2. The summed E-state index contributed by atoms with van der Waals surface area (Å²) in [6.45, 7) is 2.11. The summed E-state index contributed by atoms with van der Waals surface area (Å²) in [7, 11) is 0. The van der Waals surface area contributed by atoms with Crippen molar-refractivity contribution in [1.82, 2.24) is 0 Å². The van der Waals surface area contributed by atoms with Crippen molar-refractivity contribution >= 4 is 23.2 Å². The molecule has 1 aliphatic rings. The van der Waals surface area contributed by atoms with Crippen LogP contribution in [0.2, 0.25) is 5.02 Å². The minimum absolute atomic E-state index is 0.265. The molecule has 2 rings (SSSR count). The summed E-state index contributed by atoms with van der Waals surface area (Å²) in [4.78, 5) is 12.1. The standard InChI is InChI=1S/C15H21ClN2O/c1-2-11-7-5-6-10-15(11,14(17)19)18-13-9-4-3-8-12(13)16/h3-4,8-9,11,18H,2,5-7,10H2,1H3,(H2,17,19). The number of halogens is 1. The summed E-state index contributed by atoms with van der Waals surface area (Å²) in [5.41, 5.74) is 5.86. The number of nitrogens with one attached hydrogen (secondary N) is 1. The molecule has 0 radical (unpaired) electrons. The van der Waals surface area contributed by atoms with Gasteiger partial charge in [0.25, 0.3) is 0 Å². The van der Waals surface area contributed by atoms with Crippen LogP contribution in [-0.2, 0) is 4.79 Å². The number of primary amides is 1. The van der Waals surface area contributed by atoms with Gasteiger partial charge < -0.3 is 11.1 Å². The largest absolute Gasteiger partial charge is 0.370 e.